The number of hydrogen-bond donors (Lipinski definition) is 2. The number of aromatic nitrogens is 1. The van der Waals surface area contributed by atoms with E-state index in [0.717, 1.165) is 51.1 Å². The number of rotatable bonds is 8. The van der Waals surface area contributed by atoms with Crippen LogP contribution in [0.3, 0.4) is 0 Å². The summed E-state index contributed by atoms with van der Waals surface area (Å²) in [5.74, 6) is 1.04. The van der Waals surface area contributed by atoms with Crippen LogP contribution < -0.4 is 15.5 Å². The summed E-state index contributed by atoms with van der Waals surface area (Å²) in [5.41, 5.74) is 0. The molecule has 0 aromatic carbocycles. The second kappa shape index (κ2) is 11.1. The summed E-state index contributed by atoms with van der Waals surface area (Å²) >= 11 is 0. The highest BCUT2D eigenvalue weighted by Gasteiger charge is 2.30. The molecule has 1 saturated heterocycles. The van der Waals surface area contributed by atoms with E-state index >= 15 is 0 Å². The Morgan fingerprint density at radius 1 is 1.39 bits per heavy atom. The predicted octanol–water partition coefficient (Wildman–Crippen LogP) is 2.85. The zero-order valence-electron chi connectivity index (χ0n) is 17.2. The Kier molecular flexibility index (Phi) is 9.20. The van der Waals surface area contributed by atoms with Crippen molar-refractivity contribution in [2.45, 2.75) is 58.2 Å². The molecule has 28 heavy (non-hydrogen) atoms. The fourth-order valence-electron chi connectivity index (χ4n) is 3.74. The summed E-state index contributed by atoms with van der Waals surface area (Å²) in [6.45, 7) is 10.7. The van der Waals surface area contributed by atoms with Gasteiger partial charge in [-0.3, -0.25) is 9.89 Å². The molecule has 1 atom stereocenters. The molecule has 2 fully saturated rings. The molecule has 0 radical (unpaired) electrons. The highest BCUT2D eigenvalue weighted by Crippen LogP contribution is 2.28. The Labute approximate surface area is 185 Å². The average Bonchev–Trinajstić information content (AvgIpc) is 3.37. The lowest BCUT2D eigenvalue weighted by atomic mass is 10.3. The van der Waals surface area contributed by atoms with Crippen molar-refractivity contribution in [3.63, 3.8) is 0 Å². The fourth-order valence-corrected chi connectivity index (χ4v) is 3.74. The van der Waals surface area contributed by atoms with E-state index < -0.39 is 0 Å². The zero-order valence-corrected chi connectivity index (χ0v) is 19.5. The monoisotopic (exact) mass is 504 g/mol. The maximum atomic E-state index is 14.0. The van der Waals surface area contributed by atoms with Crippen LogP contribution in [0.15, 0.2) is 23.3 Å². The third-order valence-electron chi connectivity index (χ3n) is 5.22. The first kappa shape index (κ1) is 23.1. The molecule has 2 N–H and O–H groups in total. The molecule has 1 aromatic rings. The van der Waals surface area contributed by atoms with Crippen molar-refractivity contribution < 1.29 is 4.39 Å². The molecule has 1 unspecified atom stereocenters. The Morgan fingerprint density at radius 2 is 2.18 bits per heavy atom. The summed E-state index contributed by atoms with van der Waals surface area (Å²) in [6.07, 6.45) is 5.23. The molecule has 6 nitrogen and oxygen atoms in total. The largest absolute Gasteiger partial charge is 0.357 e. The van der Waals surface area contributed by atoms with Gasteiger partial charge in [0.05, 0.1) is 6.54 Å². The molecule has 1 aliphatic carbocycles. The summed E-state index contributed by atoms with van der Waals surface area (Å²) in [6, 6.07) is 4.67. The number of hydrogen-bond acceptors (Lipinski definition) is 4. The highest BCUT2D eigenvalue weighted by molar-refractivity contribution is 14.0. The molecule has 1 aromatic heterocycles. The van der Waals surface area contributed by atoms with Gasteiger partial charge in [0.1, 0.15) is 0 Å². The van der Waals surface area contributed by atoms with Gasteiger partial charge < -0.3 is 15.5 Å². The van der Waals surface area contributed by atoms with Crippen LogP contribution in [0.25, 0.3) is 0 Å². The number of halogens is 2. The van der Waals surface area contributed by atoms with Crippen LogP contribution in [0.1, 0.15) is 40.0 Å². The lowest BCUT2D eigenvalue weighted by Crippen LogP contribution is -2.45. The number of anilines is 1. The fraction of sp³-hybridized carbons (Fsp3) is 0.700. The molecular formula is C20H34FIN6. The summed E-state index contributed by atoms with van der Waals surface area (Å²) < 4.78 is 14.0. The maximum Gasteiger partial charge on any atom is 0.191 e. The average molecular weight is 504 g/mol. The summed E-state index contributed by atoms with van der Waals surface area (Å²) in [4.78, 5) is 13.5. The quantitative estimate of drug-likeness (QED) is 0.324. The minimum Gasteiger partial charge on any atom is -0.357 e. The SMILES string of the molecule is CCNC(=NCCN(C(C)C)C1CC1)NC1CCN(c2ncccc2F)C1.I. The van der Waals surface area contributed by atoms with Crippen LogP contribution in [0.2, 0.25) is 0 Å². The van der Waals surface area contributed by atoms with Gasteiger partial charge in [-0.2, -0.15) is 0 Å². The standard InChI is InChI=1S/C20H33FN6.HI/c1-4-22-20(24-11-13-27(15(2)3)17-7-8-17)25-16-9-12-26(14-16)19-18(21)6-5-10-23-19;/h5-6,10,15-17H,4,7-9,11-14H2,1-3H3,(H2,22,24,25);1H. The normalized spacial score (nSPS) is 19.9. The smallest absolute Gasteiger partial charge is 0.191 e. The van der Waals surface area contributed by atoms with Gasteiger partial charge in [-0.05, 0) is 52.2 Å². The Balaban J connectivity index is 0.00000280. The van der Waals surface area contributed by atoms with Gasteiger partial charge in [-0.1, -0.05) is 0 Å². The number of pyridine rings is 1. The molecule has 0 spiro atoms. The van der Waals surface area contributed by atoms with Crippen molar-refractivity contribution in [3.8, 4) is 0 Å². The molecule has 0 bridgehead atoms. The molecule has 1 aliphatic heterocycles. The molecule has 0 amide bonds. The second-order valence-corrected chi connectivity index (χ2v) is 7.71. The van der Waals surface area contributed by atoms with E-state index in [-0.39, 0.29) is 35.8 Å². The molecular weight excluding hydrogens is 470 g/mol. The lowest BCUT2D eigenvalue weighted by molar-refractivity contribution is 0.218. The minimum absolute atomic E-state index is 0. The van der Waals surface area contributed by atoms with E-state index in [9.17, 15) is 4.39 Å². The molecule has 2 heterocycles. The van der Waals surface area contributed by atoms with Crippen molar-refractivity contribution >= 4 is 35.8 Å². The predicted molar refractivity (Wildman–Crippen MR) is 124 cm³/mol. The third kappa shape index (κ3) is 6.43. The lowest BCUT2D eigenvalue weighted by Gasteiger charge is -2.25. The van der Waals surface area contributed by atoms with E-state index in [2.05, 4.69) is 41.3 Å². The van der Waals surface area contributed by atoms with Crippen LogP contribution >= 0.6 is 24.0 Å². The van der Waals surface area contributed by atoms with Gasteiger partial charge >= 0.3 is 0 Å². The maximum absolute atomic E-state index is 14.0. The van der Waals surface area contributed by atoms with E-state index in [1.165, 1.54) is 18.9 Å². The van der Waals surface area contributed by atoms with Gasteiger partial charge in [0, 0.05) is 50.5 Å². The number of nitrogens with zero attached hydrogens (tertiary/aromatic N) is 4. The van der Waals surface area contributed by atoms with Crippen LogP contribution in [0, 0.1) is 5.82 Å². The van der Waals surface area contributed by atoms with Gasteiger partial charge in [0.2, 0.25) is 0 Å². The third-order valence-corrected chi connectivity index (χ3v) is 5.22. The van der Waals surface area contributed by atoms with Crippen molar-refractivity contribution in [2.24, 2.45) is 4.99 Å². The first-order chi connectivity index (χ1) is 13.1. The summed E-state index contributed by atoms with van der Waals surface area (Å²) in [5, 5.41) is 6.85. The van der Waals surface area contributed by atoms with Crippen LogP contribution in [0.5, 0.6) is 0 Å². The van der Waals surface area contributed by atoms with Crippen LogP contribution in [0.4, 0.5) is 10.2 Å². The molecule has 1 saturated carbocycles. The number of guanidine groups is 1. The van der Waals surface area contributed by atoms with Crippen molar-refractivity contribution in [3.05, 3.63) is 24.1 Å². The molecule has 8 heteroatoms. The van der Waals surface area contributed by atoms with Gasteiger partial charge in [0.15, 0.2) is 17.6 Å². The number of nitrogens with one attached hydrogen (secondary N) is 2. The van der Waals surface area contributed by atoms with Crippen LogP contribution in [-0.4, -0.2) is 66.7 Å². The molecule has 2 aliphatic rings. The van der Waals surface area contributed by atoms with Crippen molar-refractivity contribution in [1.82, 2.24) is 20.5 Å². The molecule has 158 valence electrons. The van der Waals surface area contributed by atoms with Gasteiger partial charge in [-0.25, -0.2) is 9.37 Å². The highest BCUT2D eigenvalue weighted by atomic mass is 127. The summed E-state index contributed by atoms with van der Waals surface area (Å²) in [7, 11) is 0. The van der Waals surface area contributed by atoms with Crippen molar-refractivity contribution in [1.29, 1.82) is 0 Å². The Hall–Kier alpha value is -1.16. The Bertz CT molecular complexity index is 635. The first-order valence-electron chi connectivity index (χ1n) is 10.2. The van der Waals surface area contributed by atoms with Crippen molar-refractivity contribution in [2.75, 3.05) is 37.6 Å². The van der Waals surface area contributed by atoms with E-state index in [1.807, 2.05) is 4.90 Å². The van der Waals surface area contributed by atoms with Gasteiger partial charge in [0.25, 0.3) is 0 Å². The molecule has 3 rings (SSSR count). The van der Waals surface area contributed by atoms with Gasteiger partial charge in [-0.15, -0.1) is 24.0 Å². The zero-order chi connectivity index (χ0) is 19.2. The topological polar surface area (TPSA) is 55.8 Å². The van der Waals surface area contributed by atoms with Crippen LogP contribution in [-0.2, 0) is 0 Å². The second-order valence-electron chi connectivity index (χ2n) is 7.71. The minimum atomic E-state index is -0.257. The van der Waals surface area contributed by atoms with E-state index in [1.54, 1.807) is 12.3 Å². The Morgan fingerprint density at radius 3 is 2.82 bits per heavy atom. The van der Waals surface area contributed by atoms with E-state index in [0.29, 0.717) is 11.9 Å². The number of aliphatic imine (C=N–C) groups is 1. The first-order valence-corrected chi connectivity index (χ1v) is 10.2. The van der Waals surface area contributed by atoms with E-state index in [4.69, 9.17) is 4.99 Å².